The van der Waals surface area contributed by atoms with Crippen LogP contribution < -0.4 is 4.74 Å². The Morgan fingerprint density at radius 1 is 1.16 bits per heavy atom. The number of ether oxygens (including phenoxy) is 3. The number of benzene rings is 1. The first kappa shape index (κ1) is 26.0. The number of aliphatic carboxylic acids is 1. The molecule has 7 heteroatoms. The van der Waals surface area contributed by atoms with Gasteiger partial charge in [-0.3, -0.25) is 0 Å². The zero-order valence-electron chi connectivity index (χ0n) is 20.0. The smallest absolute Gasteiger partial charge is 0.409 e. The molecule has 0 radical (unpaired) electrons. The van der Waals surface area contributed by atoms with Crippen LogP contribution in [0.4, 0.5) is 4.79 Å². The second-order valence-electron chi connectivity index (χ2n) is 9.69. The lowest BCUT2D eigenvalue weighted by atomic mass is 9.99. The molecule has 1 fully saturated rings. The molecule has 1 aliphatic rings. The van der Waals surface area contributed by atoms with Crippen molar-refractivity contribution >= 4 is 12.1 Å². The largest absolute Gasteiger partial charge is 0.492 e. The number of hydrogen-bond donors (Lipinski definition) is 1. The number of carboxylic acid groups (broad SMARTS) is 1. The summed E-state index contributed by atoms with van der Waals surface area (Å²) in [6.07, 6.45) is 3.94. The van der Waals surface area contributed by atoms with Crippen LogP contribution in [0.25, 0.3) is 0 Å². The van der Waals surface area contributed by atoms with Crippen LogP contribution in [-0.2, 0) is 20.7 Å². The Hall–Kier alpha value is -2.28. The summed E-state index contributed by atoms with van der Waals surface area (Å²) in [6, 6.07) is 7.33. The highest BCUT2D eigenvalue weighted by Crippen LogP contribution is 2.26. The molecule has 1 aromatic carbocycles. The first-order valence-electron chi connectivity index (χ1n) is 11.7. The number of hydrogen-bond acceptors (Lipinski definition) is 5. The molecule has 1 unspecified atom stereocenters. The van der Waals surface area contributed by atoms with Gasteiger partial charge in [-0.05, 0) is 48.8 Å². The van der Waals surface area contributed by atoms with Crippen molar-refractivity contribution in [1.82, 2.24) is 4.90 Å². The zero-order chi connectivity index (χ0) is 23.6. The molecule has 1 aliphatic carbocycles. The highest BCUT2D eigenvalue weighted by Gasteiger charge is 2.24. The molecular weight excluding hydrogens is 410 g/mol. The Bertz CT molecular complexity index is 706. The van der Waals surface area contributed by atoms with Gasteiger partial charge in [0.05, 0.1) is 13.2 Å². The fraction of sp³-hybridized carbons (Fsp3) is 0.680. The Morgan fingerprint density at radius 3 is 2.38 bits per heavy atom. The zero-order valence-corrected chi connectivity index (χ0v) is 20.0. The summed E-state index contributed by atoms with van der Waals surface area (Å²) < 4.78 is 16.7. The predicted molar refractivity (Wildman–Crippen MR) is 123 cm³/mol. The molecule has 0 spiro atoms. The van der Waals surface area contributed by atoms with Crippen molar-refractivity contribution in [3.8, 4) is 5.75 Å². The quantitative estimate of drug-likeness (QED) is 0.495. The maximum absolute atomic E-state index is 12.7. The molecule has 1 amide bonds. The molecule has 0 heterocycles. The normalized spacial score (nSPS) is 15.4. The van der Waals surface area contributed by atoms with E-state index in [9.17, 15) is 14.7 Å². The fourth-order valence-corrected chi connectivity index (χ4v) is 3.76. The number of rotatable bonds is 12. The first-order chi connectivity index (χ1) is 15.2. The maximum atomic E-state index is 12.7. The van der Waals surface area contributed by atoms with E-state index >= 15 is 0 Å². The van der Waals surface area contributed by atoms with Gasteiger partial charge in [0, 0.05) is 19.6 Å². The van der Waals surface area contributed by atoms with E-state index in [1.54, 1.807) is 11.8 Å². The molecule has 0 bridgehead atoms. The third-order valence-electron chi connectivity index (χ3n) is 5.46. The van der Waals surface area contributed by atoms with E-state index in [1.165, 1.54) is 12.8 Å². The molecule has 0 aromatic heterocycles. The van der Waals surface area contributed by atoms with Crippen LogP contribution in [0, 0.1) is 11.3 Å². The molecule has 32 heavy (non-hydrogen) atoms. The third-order valence-corrected chi connectivity index (χ3v) is 5.46. The highest BCUT2D eigenvalue weighted by atomic mass is 16.6. The molecule has 1 aromatic rings. The van der Waals surface area contributed by atoms with Crippen LogP contribution in [0.3, 0.4) is 0 Å². The van der Waals surface area contributed by atoms with Gasteiger partial charge in [0.15, 0.2) is 6.10 Å². The van der Waals surface area contributed by atoms with Gasteiger partial charge in [0.2, 0.25) is 0 Å². The Labute approximate surface area is 192 Å². The summed E-state index contributed by atoms with van der Waals surface area (Å²) in [7, 11) is 0. The molecule has 1 saturated carbocycles. The molecule has 180 valence electrons. The fourth-order valence-electron chi connectivity index (χ4n) is 3.76. The van der Waals surface area contributed by atoms with Crippen LogP contribution in [0.1, 0.15) is 58.9 Å². The number of carbonyl (C=O) groups is 2. The minimum absolute atomic E-state index is 0.0747. The summed E-state index contributed by atoms with van der Waals surface area (Å²) in [5.74, 6) is 0.248. The van der Waals surface area contributed by atoms with Crippen molar-refractivity contribution in [3.05, 3.63) is 29.8 Å². The van der Waals surface area contributed by atoms with Gasteiger partial charge in [-0.2, -0.15) is 0 Å². The summed E-state index contributed by atoms with van der Waals surface area (Å²) >= 11 is 0. The Morgan fingerprint density at radius 2 is 1.81 bits per heavy atom. The van der Waals surface area contributed by atoms with E-state index < -0.39 is 12.1 Å². The van der Waals surface area contributed by atoms with Crippen molar-refractivity contribution < 1.29 is 28.9 Å². The van der Waals surface area contributed by atoms with Gasteiger partial charge in [-0.15, -0.1) is 0 Å². The van der Waals surface area contributed by atoms with Gasteiger partial charge in [-0.25, -0.2) is 9.59 Å². The van der Waals surface area contributed by atoms with Gasteiger partial charge in [0.25, 0.3) is 0 Å². The third kappa shape index (κ3) is 9.47. The van der Waals surface area contributed by atoms with E-state index in [0.717, 1.165) is 18.4 Å². The topological polar surface area (TPSA) is 85.3 Å². The first-order valence-corrected chi connectivity index (χ1v) is 11.7. The van der Waals surface area contributed by atoms with Crippen molar-refractivity contribution in [1.29, 1.82) is 0 Å². The van der Waals surface area contributed by atoms with E-state index in [1.807, 2.05) is 45.0 Å². The predicted octanol–water partition coefficient (Wildman–Crippen LogP) is 4.77. The minimum atomic E-state index is -0.965. The second kappa shape index (κ2) is 12.7. The lowest BCUT2D eigenvalue weighted by Gasteiger charge is -2.27. The summed E-state index contributed by atoms with van der Waals surface area (Å²) in [5.41, 5.74) is 0.793. The molecule has 1 atom stereocenters. The van der Waals surface area contributed by atoms with Crippen LogP contribution in [-0.4, -0.2) is 61.1 Å². The standard InChI is InChI=1S/C25H39NO6/c1-5-30-22(23(27)28)16-19-10-12-21(13-11-19)31-15-14-26(17-20-8-6-7-9-20)24(29)32-18-25(2,3)4/h10-13,20,22H,5-9,14-18H2,1-4H3,(H,27,28). The lowest BCUT2D eigenvalue weighted by Crippen LogP contribution is -2.39. The summed E-state index contributed by atoms with van der Waals surface area (Å²) in [6.45, 7) is 10.2. The van der Waals surface area contributed by atoms with Crippen LogP contribution in [0.15, 0.2) is 24.3 Å². The molecule has 7 nitrogen and oxygen atoms in total. The molecule has 2 rings (SSSR count). The van der Waals surface area contributed by atoms with E-state index in [0.29, 0.717) is 51.0 Å². The van der Waals surface area contributed by atoms with Crippen molar-refractivity contribution in [2.75, 3.05) is 32.9 Å². The number of amides is 1. The Balaban J connectivity index is 1.87. The molecule has 0 saturated heterocycles. The van der Waals surface area contributed by atoms with Crippen molar-refractivity contribution in [3.63, 3.8) is 0 Å². The average molecular weight is 450 g/mol. The van der Waals surface area contributed by atoms with Crippen LogP contribution in [0.5, 0.6) is 5.75 Å². The molecule has 1 N–H and O–H groups in total. The molecule has 0 aliphatic heterocycles. The average Bonchev–Trinajstić information content (AvgIpc) is 3.24. The van der Waals surface area contributed by atoms with Crippen LogP contribution >= 0.6 is 0 Å². The Kier molecular flexibility index (Phi) is 10.3. The molecular formula is C25H39NO6. The highest BCUT2D eigenvalue weighted by molar-refractivity contribution is 5.72. The van der Waals surface area contributed by atoms with Gasteiger partial charge >= 0.3 is 12.1 Å². The lowest BCUT2D eigenvalue weighted by molar-refractivity contribution is -0.149. The van der Waals surface area contributed by atoms with Gasteiger partial charge < -0.3 is 24.2 Å². The van der Waals surface area contributed by atoms with Gasteiger partial charge in [-0.1, -0.05) is 45.7 Å². The monoisotopic (exact) mass is 449 g/mol. The van der Waals surface area contributed by atoms with Crippen molar-refractivity contribution in [2.24, 2.45) is 11.3 Å². The maximum Gasteiger partial charge on any atom is 0.409 e. The van der Waals surface area contributed by atoms with Crippen molar-refractivity contribution in [2.45, 2.75) is 65.9 Å². The number of carbonyl (C=O) groups excluding carboxylic acids is 1. The van der Waals surface area contributed by atoms with Crippen LogP contribution in [0.2, 0.25) is 0 Å². The van der Waals surface area contributed by atoms with Gasteiger partial charge in [0.1, 0.15) is 12.4 Å². The summed E-state index contributed by atoms with van der Waals surface area (Å²) in [4.78, 5) is 25.7. The van der Waals surface area contributed by atoms with E-state index in [-0.39, 0.29) is 11.5 Å². The second-order valence-corrected chi connectivity index (χ2v) is 9.69. The summed E-state index contributed by atoms with van der Waals surface area (Å²) in [5, 5.41) is 9.23. The SMILES string of the molecule is CCOC(Cc1ccc(OCCN(CC2CCCC2)C(=O)OCC(C)(C)C)cc1)C(=O)O. The number of carboxylic acids is 1. The van der Waals surface area contributed by atoms with E-state index in [4.69, 9.17) is 14.2 Å². The van der Waals surface area contributed by atoms with E-state index in [2.05, 4.69) is 0 Å². The number of nitrogens with zero attached hydrogens (tertiary/aromatic N) is 1. The minimum Gasteiger partial charge on any atom is -0.492 e.